The van der Waals surface area contributed by atoms with Crippen molar-refractivity contribution in [1.29, 1.82) is 0 Å². The maximum Gasteiger partial charge on any atom is 0.227 e. The van der Waals surface area contributed by atoms with Crippen LogP contribution < -0.4 is 4.90 Å². The van der Waals surface area contributed by atoms with Crippen molar-refractivity contribution in [2.45, 2.75) is 6.42 Å². The van der Waals surface area contributed by atoms with Gasteiger partial charge in [0.15, 0.2) is 5.65 Å². The molecule has 0 aliphatic carbocycles. The van der Waals surface area contributed by atoms with E-state index in [0.29, 0.717) is 26.2 Å². The predicted octanol–water partition coefficient (Wildman–Crippen LogP) is 2.05. The Morgan fingerprint density at radius 3 is 2.74 bits per heavy atom. The molecule has 4 rings (SSSR count). The minimum absolute atomic E-state index is 0.0358. The summed E-state index contributed by atoms with van der Waals surface area (Å²) in [5.41, 5.74) is 1.02. The van der Waals surface area contributed by atoms with Crippen LogP contribution in [0.3, 0.4) is 0 Å². The molecular formula is C18H18ClFN6O. The lowest BCUT2D eigenvalue weighted by Gasteiger charge is -2.35. The summed E-state index contributed by atoms with van der Waals surface area (Å²) in [7, 11) is 1.84. The SMILES string of the molecule is Cn1ncc2c(N3CCN(C(=O)Cc4c(F)cccc4Cl)CC3)ncnc21. The molecule has 0 unspecified atom stereocenters. The highest BCUT2D eigenvalue weighted by atomic mass is 35.5. The predicted molar refractivity (Wildman–Crippen MR) is 100 cm³/mol. The third kappa shape index (κ3) is 3.32. The smallest absolute Gasteiger partial charge is 0.227 e. The average Bonchev–Trinajstić information content (AvgIpc) is 3.06. The molecule has 27 heavy (non-hydrogen) atoms. The standard InChI is InChI=1S/C18H18ClFN6O/c1-24-17-13(10-23-24)18(22-11-21-17)26-7-5-25(6-8-26)16(27)9-12-14(19)3-2-4-15(12)20/h2-4,10-11H,5-9H2,1H3. The number of rotatable bonds is 3. The van der Waals surface area contributed by atoms with E-state index in [4.69, 9.17) is 11.6 Å². The number of aryl methyl sites for hydroxylation is 1. The number of halogens is 2. The van der Waals surface area contributed by atoms with E-state index in [1.807, 2.05) is 7.05 Å². The fraction of sp³-hybridized carbons (Fsp3) is 0.333. The lowest BCUT2D eigenvalue weighted by Crippen LogP contribution is -2.49. The number of hydrogen-bond donors (Lipinski definition) is 0. The van der Waals surface area contributed by atoms with E-state index in [2.05, 4.69) is 20.0 Å². The highest BCUT2D eigenvalue weighted by molar-refractivity contribution is 6.31. The van der Waals surface area contributed by atoms with Gasteiger partial charge in [0, 0.05) is 43.8 Å². The van der Waals surface area contributed by atoms with Gasteiger partial charge in [-0.1, -0.05) is 17.7 Å². The van der Waals surface area contributed by atoms with Crippen LogP contribution in [0, 0.1) is 5.82 Å². The van der Waals surface area contributed by atoms with Crippen molar-refractivity contribution in [2.75, 3.05) is 31.1 Å². The molecule has 9 heteroatoms. The number of nitrogens with zero attached hydrogens (tertiary/aromatic N) is 6. The Bertz CT molecular complexity index is 978. The molecule has 3 aromatic rings. The Morgan fingerprint density at radius 2 is 2.00 bits per heavy atom. The van der Waals surface area contributed by atoms with Crippen molar-refractivity contribution in [3.63, 3.8) is 0 Å². The molecule has 1 aromatic carbocycles. The van der Waals surface area contributed by atoms with Crippen molar-refractivity contribution >= 4 is 34.4 Å². The minimum Gasteiger partial charge on any atom is -0.352 e. The molecule has 0 spiro atoms. The first-order valence-electron chi connectivity index (χ1n) is 8.63. The van der Waals surface area contributed by atoms with Crippen molar-refractivity contribution in [3.8, 4) is 0 Å². The van der Waals surface area contributed by atoms with Gasteiger partial charge in [-0.25, -0.2) is 14.4 Å². The van der Waals surface area contributed by atoms with Gasteiger partial charge in [-0.05, 0) is 12.1 Å². The first-order valence-corrected chi connectivity index (χ1v) is 9.00. The number of anilines is 1. The first kappa shape index (κ1) is 17.7. The number of carbonyl (C=O) groups excluding carboxylic acids is 1. The second-order valence-electron chi connectivity index (χ2n) is 6.45. The molecule has 1 amide bonds. The number of benzene rings is 1. The Kier molecular flexibility index (Phi) is 4.65. The molecule has 1 saturated heterocycles. The van der Waals surface area contributed by atoms with E-state index in [1.54, 1.807) is 21.8 Å². The van der Waals surface area contributed by atoms with Crippen molar-refractivity contribution in [1.82, 2.24) is 24.6 Å². The van der Waals surface area contributed by atoms with Gasteiger partial charge >= 0.3 is 0 Å². The average molecular weight is 389 g/mol. The molecule has 0 saturated carbocycles. The van der Waals surface area contributed by atoms with Gasteiger partial charge < -0.3 is 9.80 Å². The van der Waals surface area contributed by atoms with Crippen molar-refractivity contribution < 1.29 is 9.18 Å². The number of aromatic nitrogens is 4. The Morgan fingerprint density at radius 1 is 1.22 bits per heavy atom. The van der Waals surface area contributed by atoms with Crippen LogP contribution in [-0.2, 0) is 18.3 Å². The van der Waals surface area contributed by atoms with Crippen LogP contribution in [0.15, 0.2) is 30.7 Å². The molecule has 0 N–H and O–H groups in total. The highest BCUT2D eigenvalue weighted by Crippen LogP contribution is 2.24. The van der Waals surface area contributed by atoms with E-state index in [9.17, 15) is 9.18 Å². The van der Waals surface area contributed by atoms with E-state index in [0.717, 1.165) is 16.9 Å². The van der Waals surface area contributed by atoms with Crippen LogP contribution in [0.2, 0.25) is 5.02 Å². The molecule has 140 valence electrons. The van der Waals surface area contributed by atoms with Crippen LogP contribution in [-0.4, -0.2) is 56.7 Å². The summed E-state index contributed by atoms with van der Waals surface area (Å²) in [5, 5.41) is 5.40. The summed E-state index contributed by atoms with van der Waals surface area (Å²) in [6, 6.07) is 4.45. The zero-order valence-corrected chi connectivity index (χ0v) is 15.5. The zero-order valence-electron chi connectivity index (χ0n) is 14.8. The maximum absolute atomic E-state index is 13.9. The quantitative estimate of drug-likeness (QED) is 0.687. The summed E-state index contributed by atoms with van der Waals surface area (Å²) in [4.78, 5) is 25.1. The highest BCUT2D eigenvalue weighted by Gasteiger charge is 2.25. The van der Waals surface area contributed by atoms with Crippen LogP contribution in [0.25, 0.3) is 11.0 Å². The number of amides is 1. The van der Waals surface area contributed by atoms with Crippen LogP contribution in [0.4, 0.5) is 10.2 Å². The Balaban J connectivity index is 1.45. The van der Waals surface area contributed by atoms with Crippen LogP contribution >= 0.6 is 11.6 Å². The van der Waals surface area contributed by atoms with Crippen molar-refractivity contribution in [2.24, 2.45) is 7.05 Å². The van der Waals surface area contributed by atoms with E-state index >= 15 is 0 Å². The largest absolute Gasteiger partial charge is 0.352 e. The molecule has 0 atom stereocenters. The molecule has 1 aliphatic rings. The Hall–Kier alpha value is -2.74. The fourth-order valence-electron chi connectivity index (χ4n) is 3.33. The number of carbonyl (C=O) groups is 1. The molecule has 1 aliphatic heterocycles. The molecule has 7 nitrogen and oxygen atoms in total. The van der Waals surface area contributed by atoms with E-state index < -0.39 is 5.82 Å². The van der Waals surface area contributed by atoms with Gasteiger partial charge in [-0.2, -0.15) is 5.10 Å². The summed E-state index contributed by atoms with van der Waals surface area (Å²) >= 11 is 6.03. The third-order valence-electron chi connectivity index (χ3n) is 4.83. The van der Waals surface area contributed by atoms with Crippen molar-refractivity contribution in [3.05, 3.63) is 47.1 Å². The molecule has 0 bridgehead atoms. The maximum atomic E-state index is 13.9. The lowest BCUT2D eigenvalue weighted by atomic mass is 10.1. The number of piperazine rings is 1. The second kappa shape index (κ2) is 7.11. The van der Waals surface area contributed by atoms with E-state index in [1.165, 1.54) is 18.5 Å². The normalized spacial score (nSPS) is 14.8. The van der Waals surface area contributed by atoms with Gasteiger partial charge in [0.1, 0.15) is 18.0 Å². The molecule has 1 fully saturated rings. The molecule has 3 heterocycles. The second-order valence-corrected chi connectivity index (χ2v) is 6.85. The monoisotopic (exact) mass is 388 g/mol. The van der Waals surface area contributed by atoms with Gasteiger partial charge in [0.2, 0.25) is 5.91 Å². The summed E-state index contributed by atoms with van der Waals surface area (Å²) in [6.45, 7) is 2.35. The van der Waals surface area contributed by atoms with Gasteiger partial charge in [0.25, 0.3) is 0 Å². The molecular weight excluding hydrogens is 371 g/mol. The Labute approximate surface area is 160 Å². The lowest BCUT2D eigenvalue weighted by molar-refractivity contribution is -0.130. The van der Waals surface area contributed by atoms with Gasteiger partial charge in [-0.3, -0.25) is 9.48 Å². The fourth-order valence-corrected chi connectivity index (χ4v) is 3.56. The zero-order chi connectivity index (χ0) is 19.0. The summed E-state index contributed by atoms with van der Waals surface area (Å²) in [5.74, 6) is 0.239. The topological polar surface area (TPSA) is 67.2 Å². The minimum atomic E-state index is -0.450. The van der Waals surface area contributed by atoms with Crippen LogP contribution in [0.5, 0.6) is 0 Å². The van der Waals surface area contributed by atoms with Gasteiger partial charge in [-0.15, -0.1) is 0 Å². The van der Waals surface area contributed by atoms with Gasteiger partial charge in [0.05, 0.1) is 18.0 Å². The number of fused-ring (bicyclic) bond motifs is 1. The summed E-state index contributed by atoms with van der Waals surface area (Å²) in [6.07, 6.45) is 3.24. The molecule has 2 aromatic heterocycles. The first-order chi connectivity index (χ1) is 13.0. The summed E-state index contributed by atoms with van der Waals surface area (Å²) < 4.78 is 15.6. The number of hydrogen-bond acceptors (Lipinski definition) is 5. The molecule has 0 radical (unpaired) electrons. The van der Waals surface area contributed by atoms with Crippen LogP contribution in [0.1, 0.15) is 5.56 Å². The van der Waals surface area contributed by atoms with E-state index in [-0.39, 0.29) is 22.9 Å². The third-order valence-corrected chi connectivity index (χ3v) is 5.18.